The predicted octanol–water partition coefficient (Wildman–Crippen LogP) is 3.54. The van der Waals surface area contributed by atoms with Crippen molar-refractivity contribution in [3.63, 3.8) is 0 Å². The molecule has 1 aromatic rings. The number of rotatable bonds is 4. The van der Waals surface area contributed by atoms with Gasteiger partial charge >= 0.3 is 0 Å². The van der Waals surface area contributed by atoms with Crippen molar-refractivity contribution < 1.29 is 14.3 Å². The van der Waals surface area contributed by atoms with E-state index in [0.29, 0.717) is 16.3 Å². The van der Waals surface area contributed by atoms with Crippen LogP contribution in [0.5, 0.6) is 5.75 Å². The van der Waals surface area contributed by atoms with Crippen LogP contribution in [0.4, 0.5) is 0 Å². The average Bonchev–Trinajstić information content (AvgIpc) is 2.27. The topological polar surface area (TPSA) is 43.4 Å². The van der Waals surface area contributed by atoms with Crippen LogP contribution in [0.3, 0.4) is 0 Å². The first-order valence-electron chi connectivity index (χ1n) is 5.65. The summed E-state index contributed by atoms with van der Waals surface area (Å²) in [4.78, 5) is 23.9. The molecule has 0 unspecified atom stereocenters. The van der Waals surface area contributed by atoms with E-state index in [0.717, 1.165) is 0 Å². The first kappa shape index (κ1) is 14.7. The summed E-state index contributed by atoms with van der Waals surface area (Å²) < 4.78 is 5.10. The van der Waals surface area contributed by atoms with E-state index in [1.165, 1.54) is 13.2 Å². The van der Waals surface area contributed by atoms with Gasteiger partial charge in [0.2, 0.25) is 0 Å². The van der Waals surface area contributed by atoms with Crippen LogP contribution in [0, 0.1) is 5.41 Å². The Balaban J connectivity index is 2.98. The maximum absolute atomic E-state index is 12.1. The Morgan fingerprint density at radius 3 is 2.39 bits per heavy atom. The molecule has 0 aliphatic heterocycles. The summed E-state index contributed by atoms with van der Waals surface area (Å²) in [5, 5.41) is 0.447. The zero-order valence-electron chi connectivity index (χ0n) is 11.0. The molecule has 0 amide bonds. The first-order valence-corrected chi connectivity index (χ1v) is 6.03. The number of hydrogen-bond acceptors (Lipinski definition) is 3. The number of hydrogen-bond donors (Lipinski definition) is 0. The number of halogens is 1. The van der Waals surface area contributed by atoms with E-state index < -0.39 is 5.41 Å². The minimum Gasteiger partial charge on any atom is -0.496 e. The van der Waals surface area contributed by atoms with E-state index in [1.54, 1.807) is 32.9 Å². The average molecular weight is 269 g/mol. The summed E-state index contributed by atoms with van der Waals surface area (Å²) in [6.45, 7) is 5.37. The first-order chi connectivity index (χ1) is 8.25. The lowest BCUT2D eigenvalue weighted by Gasteiger charge is -2.16. The van der Waals surface area contributed by atoms with Crippen molar-refractivity contribution >= 4 is 23.2 Å². The van der Waals surface area contributed by atoms with Gasteiger partial charge in [0.05, 0.1) is 19.1 Å². The molecular weight excluding hydrogens is 252 g/mol. The molecule has 0 spiro atoms. The van der Waals surface area contributed by atoms with Crippen LogP contribution in [0.15, 0.2) is 18.2 Å². The standard InChI is InChI=1S/C14H17ClO3/c1-14(2,3)13(17)8-11(16)10-7-9(15)5-6-12(10)18-4/h5-7H,8H2,1-4H3. The lowest BCUT2D eigenvalue weighted by atomic mass is 9.87. The number of ketones is 2. The molecule has 0 fully saturated rings. The van der Waals surface area contributed by atoms with E-state index in [4.69, 9.17) is 16.3 Å². The van der Waals surface area contributed by atoms with Crippen molar-refractivity contribution in [1.82, 2.24) is 0 Å². The molecule has 4 heteroatoms. The van der Waals surface area contributed by atoms with Gasteiger partial charge in [-0.2, -0.15) is 0 Å². The minimum atomic E-state index is -0.526. The van der Waals surface area contributed by atoms with Gasteiger partial charge < -0.3 is 4.74 Å². The minimum absolute atomic E-state index is 0.102. The van der Waals surface area contributed by atoms with Gasteiger partial charge in [0, 0.05) is 10.4 Å². The quantitative estimate of drug-likeness (QED) is 0.620. The van der Waals surface area contributed by atoms with Crippen molar-refractivity contribution in [2.75, 3.05) is 7.11 Å². The fraction of sp³-hybridized carbons (Fsp3) is 0.429. The van der Waals surface area contributed by atoms with E-state index in [9.17, 15) is 9.59 Å². The highest BCUT2D eigenvalue weighted by atomic mass is 35.5. The molecule has 98 valence electrons. The second-order valence-corrected chi connectivity index (χ2v) is 5.55. The number of Topliss-reactive ketones (excluding diaryl/α,β-unsaturated/α-hetero) is 2. The third-order valence-corrected chi connectivity index (χ3v) is 2.85. The molecule has 0 aliphatic rings. The van der Waals surface area contributed by atoms with Crippen LogP contribution in [0.1, 0.15) is 37.6 Å². The zero-order chi connectivity index (χ0) is 13.9. The fourth-order valence-electron chi connectivity index (χ4n) is 1.40. The van der Waals surface area contributed by atoms with Crippen LogP contribution in [-0.2, 0) is 4.79 Å². The van der Waals surface area contributed by atoms with Gasteiger partial charge in [-0.1, -0.05) is 32.4 Å². The van der Waals surface area contributed by atoms with Crippen LogP contribution in [-0.4, -0.2) is 18.7 Å². The lowest BCUT2D eigenvalue weighted by molar-refractivity contribution is -0.125. The van der Waals surface area contributed by atoms with E-state index in [-0.39, 0.29) is 18.0 Å². The SMILES string of the molecule is COc1ccc(Cl)cc1C(=O)CC(=O)C(C)(C)C. The molecule has 0 radical (unpaired) electrons. The Kier molecular flexibility index (Phi) is 4.52. The van der Waals surface area contributed by atoms with Crippen molar-refractivity contribution in [1.29, 1.82) is 0 Å². The summed E-state index contributed by atoms with van der Waals surface area (Å²) in [7, 11) is 1.48. The summed E-state index contributed by atoms with van der Waals surface area (Å²) >= 11 is 5.85. The molecule has 0 saturated carbocycles. The Bertz CT molecular complexity index is 472. The van der Waals surface area contributed by atoms with Gasteiger partial charge in [0.25, 0.3) is 0 Å². The van der Waals surface area contributed by atoms with Gasteiger partial charge in [-0.05, 0) is 18.2 Å². The second kappa shape index (κ2) is 5.53. The normalized spacial score (nSPS) is 11.2. The number of carbonyl (C=O) groups is 2. The molecule has 1 rings (SSSR count). The molecule has 0 aliphatic carbocycles. The van der Waals surface area contributed by atoms with E-state index in [1.807, 2.05) is 0 Å². The number of carbonyl (C=O) groups excluding carboxylic acids is 2. The predicted molar refractivity (Wildman–Crippen MR) is 71.4 cm³/mol. The van der Waals surface area contributed by atoms with Crippen LogP contribution >= 0.6 is 11.6 Å². The smallest absolute Gasteiger partial charge is 0.174 e. The maximum Gasteiger partial charge on any atom is 0.174 e. The third-order valence-electron chi connectivity index (χ3n) is 2.62. The monoisotopic (exact) mass is 268 g/mol. The Morgan fingerprint density at radius 1 is 1.28 bits per heavy atom. The third kappa shape index (κ3) is 3.57. The van der Waals surface area contributed by atoms with Crippen molar-refractivity contribution in [2.45, 2.75) is 27.2 Å². The van der Waals surface area contributed by atoms with Gasteiger partial charge in [-0.15, -0.1) is 0 Å². The molecule has 0 atom stereocenters. The van der Waals surface area contributed by atoms with Crippen molar-refractivity contribution in [2.24, 2.45) is 5.41 Å². The summed E-state index contributed by atoms with van der Waals surface area (Å²) in [5.41, 5.74) is -0.177. The zero-order valence-corrected chi connectivity index (χ0v) is 11.8. The van der Waals surface area contributed by atoms with Gasteiger partial charge in [0.1, 0.15) is 11.5 Å². The van der Waals surface area contributed by atoms with Gasteiger partial charge in [0.15, 0.2) is 5.78 Å². The number of ether oxygens (including phenoxy) is 1. The molecule has 18 heavy (non-hydrogen) atoms. The largest absolute Gasteiger partial charge is 0.496 e. The number of methoxy groups -OCH3 is 1. The molecule has 1 aromatic carbocycles. The fourth-order valence-corrected chi connectivity index (χ4v) is 1.58. The molecule has 0 heterocycles. The summed E-state index contributed by atoms with van der Waals surface area (Å²) in [6.07, 6.45) is -0.139. The Labute approximate surface area is 112 Å². The van der Waals surface area contributed by atoms with E-state index in [2.05, 4.69) is 0 Å². The lowest BCUT2D eigenvalue weighted by Crippen LogP contribution is -2.23. The van der Waals surface area contributed by atoms with Gasteiger partial charge in [-0.3, -0.25) is 9.59 Å². The van der Waals surface area contributed by atoms with E-state index >= 15 is 0 Å². The molecule has 0 saturated heterocycles. The highest BCUT2D eigenvalue weighted by molar-refractivity contribution is 6.31. The second-order valence-electron chi connectivity index (χ2n) is 5.12. The Hall–Kier alpha value is -1.35. The molecule has 3 nitrogen and oxygen atoms in total. The van der Waals surface area contributed by atoms with Crippen molar-refractivity contribution in [3.05, 3.63) is 28.8 Å². The summed E-state index contributed by atoms with van der Waals surface area (Å²) in [6, 6.07) is 4.79. The molecule has 0 aromatic heterocycles. The molecular formula is C14H17ClO3. The summed E-state index contributed by atoms with van der Waals surface area (Å²) in [5.74, 6) is 0.0647. The highest BCUT2D eigenvalue weighted by Crippen LogP contribution is 2.25. The highest BCUT2D eigenvalue weighted by Gasteiger charge is 2.25. The van der Waals surface area contributed by atoms with Crippen molar-refractivity contribution in [3.8, 4) is 5.75 Å². The molecule has 0 N–H and O–H groups in total. The van der Waals surface area contributed by atoms with Crippen LogP contribution in [0.2, 0.25) is 5.02 Å². The van der Waals surface area contributed by atoms with Crippen LogP contribution < -0.4 is 4.74 Å². The maximum atomic E-state index is 12.1. The molecule has 0 bridgehead atoms. The van der Waals surface area contributed by atoms with Crippen LogP contribution in [0.25, 0.3) is 0 Å². The Morgan fingerprint density at radius 2 is 1.89 bits per heavy atom. The number of benzene rings is 1. The van der Waals surface area contributed by atoms with Gasteiger partial charge in [-0.25, -0.2) is 0 Å².